The zero-order valence-corrected chi connectivity index (χ0v) is 8.96. The SMILES string of the molecule is C=CC(C)=C=Nc1cc(C)cc(C)c1. The quantitative estimate of drug-likeness (QED) is 0.491. The fraction of sp³-hybridized carbons (Fsp3) is 0.231. The average Bonchev–Trinajstić information content (AvgIpc) is 2.12. The van der Waals surface area contributed by atoms with Crippen LogP contribution in [0.1, 0.15) is 18.1 Å². The minimum atomic E-state index is 0.948. The van der Waals surface area contributed by atoms with E-state index in [2.05, 4.69) is 37.4 Å². The van der Waals surface area contributed by atoms with Crippen LogP contribution in [-0.2, 0) is 0 Å². The first-order valence-electron chi connectivity index (χ1n) is 4.63. The van der Waals surface area contributed by atoms with Gasteiger partial charge in [0, 0.05) is 5.57 Å². The van der Waals surface area contributed by atoms with Crippen molar-refractivity contribution in [2.24, 2.45) is 4.99 Å². The summed E-state index contributed by atoms with van der Waals surface area (Å²) >= 11 is 0. The van der Waals surface area contributed by atoms with E-state index in [1.807, 2.05) is 19.1 Å². The van der Waals surface area contributed by atoms with Gasteiger partial charge in [-0.3, -0.25) is 0 Å². The maximum absolute atomic E-state index is 4.24. The molecule has 0 radical (unpaired) electrons. The average molecular weight is 185 g/mol. The van der Waals surface area contributed by atoms with Gasteiger partial charge in [0.05, 0.1) is 5.69 Å². The van der Waals surface area contributed by atoms with Crippen LogP contribution in [0.25, 0.3) is 0 Å². The molecule has 0 saturated heterocycles. The number of benzene rings is 1. The summed E-state index contributed by atoms with van der Waals surface area (Å²) < 4.78 is 0. The van der Waals surface area contributed by atoms with Crippen LogP contribution in [-0.4, -0.2) is 5.87 Å². The van der Waals surface area contributed by atoms with Crippen LogP contribution in [0.15, 0.2) is 41.4 Å². The predicted molar refractivity (Wildman–Crippen MR) is 62.4 cm³/mol. The summed E-state index contributed by atoms with van der Waals surface area (Å²) in [6, 6.07) is 6.20. The van der Waals surface area contributed by atoms with Crippen molar-refractivity contribution in [1.82, 2.24) is 0 Å². The molecule has 0 heterocycles. The van der Waals surface area contributed by atoms with Crippen LogP contribution in [0.2, 0.25) is 0 Å². The second-order valence-corrected chi connectivity index (χ2v) is 3.46. The maximum atomic E-state index is 4.24. The van der Waals surface area contributed by atoms with Gasteiger partial charge in [0.25, 0.3) is 0 Å². The minimum Gasteiger partial charge on any atom is -0.206 e. The van der Waals surface area contributed by atoms with Crippen molar-refractivity contribution in [2.45, 2.75) is 20.8 Å². The van der Waals surface area contributed by atoms with Gasteiger partial charge in [0.2, 0.25) is 0 Å². The van der Waals surface area contributed by atoms with Crippen molar-refractivity contribution in [3.05, 3.63) is 47.6 Å². The lowest BCUT2D eigenvalue weighted by Gasteiger charge is -1.97. The zero-order chi connectivity index (χ0) is 10.6. The molecule has 0 fully saturated rings. The fourth-order valence-electron chi connectivity index (χ4n) is 1.21. The first-order chi connectivity index (χ1) is 6.61. The third-order valence-corrected chi connectivity index (χ3v) is 1.87. The smallest absolute Gasteiger partial charge is 0.0735 e. The van der Waals surface area contributed by atoms with Gasteiger partial charge in [-0.2, -0.15) is 0 Å². The van der Waals surface area contributed by atoms with E-state index < -0.39 is 0 Å². The normalized spacial score (nSPS) is 9.07. The fourth-order valence-corrected chi connectivity index (χ4v) is 1.21. The minimum absolute atomic E-state index is 0.948. The zero-order valence-electron chi connectivity index (χ0n) is 8.96. The molecule has 1 aromatic rings. The van der Waals surface area contributed by atoms with Gasteiger partial charge in [-0.25, -0.2) is 4.99 Å². The summed E-state index contributed by atoms with van der Waals surface area (Å²) in [6.07, 6.45) is 1.74. The third kappa shape index (κ3) is 3.04. The number of nitrogens with zero attached hydrogens (tertiary/aromatic N) is 1. The van der Waals surface area contributed by atoms with Gasteiger partial charge < -0.3 is 0 Å². The Bertz CT molecular complexity index is 387. The highest BCUT2D eigenvalue weighted by molar-refractivity contribution is 5.65. The Balaban J connectivity index is 3.09. The van der Waals surface area contributed by atoms with Gasteiger partial charge in [0.15, 0.2) is 0 Å². The highest BCUT2D eigenvalue weighted by Crippen LogP contribution is 2.16. The van der Waals surface area contributed by atoms with Gasteiger partial charge in [-0.15, -0.1) is 0 Å². The first-order valence-corrected chi connectivity index (χ1v) is 4.63. The Morgan fingerprint density at radius 3 is 2.36 bits per heavy atom. The summed E-state index contributed by atoms with van der Waals surface area (Å²) in [7, 11) is 0. The number of aliphatic imine (C=N–C) groups is 1. The second-order valence-electron chi connectivity index (χ2n) is 3.46. The summed E-state index contributed by atoms with van der Waals surface area (Å²) in [6.45, 7) is 9.71. The van der Waals surface area contributed by atoms with Crippen molar-refractivity contribution < 1.29 is 0 Å². The molecular weight excluding hydrogens is 170 g/mol. The van der Waals surface area contributed by atoms with E-state index in [-0.39, 0.29) is 0 Å². The number of aryl methyl sites for hydroxylation is 2. The van der Waals surface area contributed by atoms with E-state index in [4.69, 9.17) is 0 Å². The van der Waals surface area contributed by atoms with Gasteiger partial charge >= 0.3 is 0 Å². The van der Waals surface area contributed by atoms with Crippen molar-refractivity contribution in [3.8, 4) is 0 Å². The Kier molecular flexibility index (Phi) is 3.44. The van der Waals surface area contributed by atoms with Crippen LogP contribution in [0.4, 0.5) is 5.69 Å². The van der Waals surface area contributed by atoms with Crippen LogP contribution >= 0.6 is 0 Å². The molecule has 0 atom stereocenters. The molecular formula is C13H15N. The molecule has 0 bridgehead atoms. The van der Waals surface area contributed by atoms with E-state index in [0.717, 1.165) is 11.3 Å². The topological polar surface area (TPSA) is 12.4 Å². The maximum Gasteiger partial charge on any atom is 0.0735 e. The van der Waals surface area contributed by atoms with Crippen molar-refractivity contribution in [3.63, 3.8) is 0 Å². The van der Waals surface area contributed by atoms with Crippen LogP contribution < -0.4 is 0 Å². The first kappa shape index (κ1) is 10.5. The predicted octanol–water partition coefficient (Wildman–Crippen LogP) is 3.74. The molecule has 0 aliphatic rings. The van der Waals surface area contributed by atoms with Gasteiger partial charge in [0.1, 0.15) is 0 Å². The molecule has 0 amide bonds. The molecule has 0 N–H and O–H groups in total. The van der Waals surface area contributed by atoms with Gasteiger partial charge in [-0.05, 0) is 49.9 Å². The monoisotopic (exact) mass is 185 g/mol. The van der Waals surface area contributed by atoms with Crippen LogP contribution in [0.5, 0.6) is 0 Å². The Labute approximate surface area is 85.5 Å². The van der Waals surface area contributed by atoms with Crippen LogP contribution in [0.3, 0.4) is 0 Å². The second kappa shape index (κ2) is 4.59. The van der Waals surface area contributed by atoms with Crippen molar-refractivity contribution in [1.29, 1.82) is 0 Å². The van der Waals surface area contributed by atoms with E-state index in [0.29, 0.717) is 0 Å². The molecule has 0 aliphatic heterocycles. The molecule has 0 saturated carbocycles. The van der Waals surface area contributed by atoms with Gasteiger partial charge in [-0.1, -0.05) is 18.7 Å². The highest BCUT2D eigenvalue weighted by Gasteiger charge is 1.91. The molecule has 72 valence electrons. The largest absolute Gasteiger partial charge is 0.206 e. The Morgan fingerprint density at radius 2 is 1.86 bits per heavy atom. The van der Waals surface area contributed by atoms with E-state index in [1.165, 1.54) is 11.1 Å². The standard InChI is InChI=1S/C13H15N/c1-5-10(2)9-14-13-7-11(3)6-12(4)8-13/h5-8H,1H2,2-4H3. The molecule has 1 heteroatoms. The third-order valence-electron chi connectivity index (χ3n) is 1.87. The highest BCUT2D eigenvalue weighted by atomic mass is 14.7. The van der Waals surface area contributed by atoms with Crippen LogP contribution in [0, 0.1) is 13.8 Å². The molecule has 0 spiro atoms. The molecule has 0 unspecified atom stereocenters. The summed E-state index contributed by atoms with van der Waals surface area (Å²) in [4.78, 5) is 4.24. The molecule has 1 aromatic carbocycles. The summed E-state index contributed by atoms with van der Waals surface area (Å²) in [5, 5.41) is 0. The molecule has 14 heavy (non-hydrogen) atoms. The van der Waals surface area contributed by atoms with E-state index in [9.17, 15) is 0 Å². The van der Waals surface area contributed by atoms with E-state index >= 15 is 0 Å². The number of allylic oxidation sites excluding steroid dienone is 2. The number of hydrogen-bond acceptors (Lipinski definition) is 1. The Morgan fingerprint density at radius 1 is 1.29 bits per heavy atom. The number of hydrogen-bond donors (Lipinski definition) is 0. The van der Waals surface area contributed by atoms with Crippen molar-refractivity contribution >= 4 is 11.6 Å². The summed E-state index contributed by atoms with van der Waals surface area (Å²) in [5.74, 6) is 2.93. The lowest BCUT2D eigenvalue weighted by molar-refractivity contribution is 1.36. The molecule has 0 aliphatic carbocycles. The Hall–Kier alpha value is -1.59. The summed E-state index contributed by atoms with van der Waals surface area (Å²) in [5.41, 5.74) is 4.34. The molecule has 0 aromatic heterocycles. The van der Waals surface area contributed by atoms with Crippen molar-refractivity contribution in [2.75, 3.05) is 0 Å². The molecule has 1 nitrogen and oxygen atoms in total. The van der Waals surface area contributed by atoms with E-state index in [1.54, 1.807) is 6.08 Å². The number of rotatable bonds is 2. The lowest BCUT2D eigenvalue weighted by Crippen LogP contribution is -1.76. The lowest BCUT2D eigenvalue weighted by atomic mass is 10.1. The molecule has 1 rings (SSSR count).